The number of hydrogen-bond donors (Lipinski definition) is 2. The molecule has 0 saturated carbocycles. The van der Waals surface area contributed by atoms with E-state index in [-0.39, 0.29) is 24.5 Å². The summed E-state index contributed by atoms with van der Waals surface area (Å²) in [7, 11) is 1.48. The molecule has 0 unspecified atom stereocenters. The Morgan fingerprint density at radius 3 is 2.28 bits per heavy atom. The van der Waals surface area contributed by atoms with Gasteiger partial charge in [-0.25, -0.2) is 0 Å². The van der Waals surface area contributed by atoms with Crippen LogP contribution in [0.15, 0.2) is 24.3 Å². The second-order valence-electron chi connectivity index (χ2n) is 6.80. The van der Waals surface area contributed by atoms with Gasteiger partial charge in [-0.2, -0.15) is 0 Å². The molecule has 1 aliphatic rings. The first kappa shape index (κ1) is 19.2. The van der Waals surface area contributed by atoms with Crippen molar-refractivity contribution < 1.29 is 14.3 Å². The summed E-state index contributed by atoms with van der Waals surface area (Å²) in [5.74, 6) is -0.0583. The van der Waals surface area contributed by atoms with Gasteiger partial charge < -0.3 is 20.3 Å². The van der Waals surface area contributed by atoms with Crippen molar-refractivity contribution in [2.75, 3.05) is 24.4 Å². The SMILES string of the molecule is COCC(=O)Nc1ccc(N[C@@H](C)C(=O)N2[C@H](C)CCC[C@@H]2C)cc1. The second-order valence-corrected chi connectivity index (χ2v) is 6.80. The van der Waals surface area contributed by atoms with Crippen LogP contribution in [0.5, 0.6) is 0 Å². The van der Waals surface area contributed by atoms with Crippen molar-refractivity contribution in [3.8, 4) is 0 Å². The van der Waals surface area contributed by atoms with Gasteiger partial charge in [0.2, 0.25) is 11.8 Å². The summed E-state index contributed by atoms with van der Waals surface area (Å²) in [6, 6.07) is 7.61. The molecule has 0 bridgehead atoms. The van der Waals surface area contributed by atoms with Gasteiger partial charge in [0.15, 0.2) is 0 Å². The number of ether oxygens (including phenoxy) is 1. The average molecular weight is 347 g/mol. The number of carbonyl (C=O) groups excluding carboxylic acids is 2. The van der Waals surface area contributed by atoms with Crippen molar-refractivity contribution in [3.05, 3.63) is 24.3 Å². The first-order chi connectivity index (χ1) is 11.9. The van der Waals surface area contributed by atoms with E-state index in [2.05, 4.69) is 24.5 Å². The number of methoxy groups -OCH3 is 1. The summed E-state index contributed by atoms with van der Waals surface area (Å²) < 4.78 is 4.79. The number of amides is 2. The molecule has 6 nitrogen and oxygen atoms in total. The monoisotopic (exact) mass is 347 g/mol. The summed E-state index contributed by atoms with van der Waals surface area (Å²) in [6.45, 7) is 6.16. The molecule has 138 valence electrons. The largest absolute Gasteiger partial charge is 0.375 e. The van der Waals surface area contributed by atoms with E-state index in [0.29, 0.717) is 17.8 Å². The zero-order chi connectivity index (χ0) is 18.4. The highest BCUT2D eigenvalue weighted by Gasteiger charge is 2.31. The minimum absolute atomic E-state index is 0.0255. The molecule has 1 aromatic rings. The first-order valence-electron chi connectivity index (χ1n) is 8.90. The summed E-state index contributed by atoms with van der Waals surface area (Å²) in [6.07, 6.45) is 3.32. The maximum absolute atomic E-state index is 12.8. The van der Waals surface area contributed by atoms with Crippen molar-refractivity contribution in [3.63, 3.8) is 0 Å². The van der Waals surface area contributed by atoms with Crippen molar-refractivity contribution in [1.82, 2.24) is 4.90 Å². The van der Waals surface area contributed by atoms with Crippen LogP contribution in [0.2, 0.25) is 0 Å². The normalized spacial score (nSPS) is 21.5. The van der Waals surface area contributed by atoms with E-state index in [4.69, 9.17) is 4.74 Å². The van der Waals surface area contributed by atoms with Crippen LogP contribution in [-0.2, 0) is 14.3 Å². The maximum atomic E-state index is 12.8. The molecule has 0 aromatic heterocycles. The predicted molar refractivity (Wildman–Crippen MR) is 99.7 cm³/mol. The smallest absolute Gasteiger partial charge is 0.250 e. The van der Waals surface area contributed by atoms with Crippen LogP contribution in [0, 0.1) is 0 Å². The van der Waals surface area contributed by atoms with Gasteiger partial charge in [0, 0.05) is 30.6 Å². The van der Waals surface area contributed by atoms with Crippen molar-refractivity contribution >= 4 is 23.2 Å². The van der Waals surface area contributed by atoms with Gasteiger partial charge >= 0.3 is 0 Å². The Bertz CT molecular complexity index is 578. The Morgan fingerprint density at radius 1 is 1.16 bits per heavy atom. The Morgan fingerprint density at radius 2 is 1.72 bits per heavy atom. The molecule has 0 spiro atoms. The minimum atomic E-state index is -0.295. The fourth-order valence-electron chi connectivity index (χ4n) is 3.37. The van der Waals surface area contributed by atoms with E-state index < -0.39 is 0 Å². The van der Waals surface area contributed by atoms with E-state index in [1.54, 1.807) is 12.1 Å². The Labute approximate surface area is 149 Å². The number of nitrogens with one attached hydrogen (secondary N) is 2. The fourth-order valence-corrected chi connectivity index (χ4v) is 3.37. The quantitative estimate of drug-likeness (QED) is 0.830. The lowest BCUT2D eigenvalue weighted by atomic mass is 9.96. The van der Waals surface area contributed by atoms with E-state index in [0.717, 1.165) is 18.5 Å². The van der Waals surface area contributed by atoms with Crippen LogP contribution in [0.25, 0.3) is 0 Å². The van der Waals surface area contributed by atoms with Gasteiger partial charge in [0.25, 0.3) is 0 Å². The Hall–Kier alpha value is -2.08. The first-order valence-corrected chi connectivity index (χ1v) is 8.90. The number of hydrogen-bond acceptors (Lipinski definition) is 4. The van der Waals surface area contributed by atoms with Crippen LogP contribution in [0.4, 0.5) is 11.4 Å². The Kier molecular flexibility index (Phi) is 6.82. The van der Waals surface area contributed by atoms with E-state index >= 15 is 0 Å². The molecule has 1 aliphatic heterocycles. The number of rotatable bonds is 6. The van der Waals surface area contributed by atoms with Crippen LogP contribution < -0.4 is 10.6 Å². The lowest BCUT2D eigenvalue weighted by Gasteiger charge is -2.40. The summed E-state index contributed by atoms with van der Waals surface area (Å²) in [5.41, 5.74) is 1.55. The van der Waals surface area contributed by atoms with Gasteiger partial charge in [-0.05, 0) is 64.3 Å². The van der Waals surface area contributed by atoms with Crippen LogP contribution in [0.1, 0.15) is 40.0 Å². The summed E-state index contributed by atoms with van der Waals surface area (Å²) in [4.78, 5) is 26.3. The van der Waals surface area contributed by atoms with Crippen molar-refractivity contribution in [1.29, 1.82) is 0 Å². The average Bonchev–Trinajstić information content (AvgIpc) is 2.56. The molecule has 0 radical (unpaired) electrons. The number of benzene rings is 1. The van der Waals surface area contributed by atoms with Gasteiger partial charge in [0.05, 0.1) is 0 Å². The second kappa shape index (κ2) is 8.85. The van der Waals surface area contributed by atoms with Crippen LogP contribution in [0.3, 0.4) is 0 Å². The van der Waals surface area contributed by atoms with Crippen LogP contribution >= 0.6 is 0 Å². The molecular weight excluding hydrogens is 318 g/mol. The number of likely N-dealkylation sites (tertiary alicyclic amines) is 1. The fraction of sp³-hybridized carbons (Fsp3) is 0.579. The third kappa shape index (κ3) is 5.19. The lowest BCUT2D eigenvalue weighted by molar-refractivity contribution is -0.137. The van der Waals surface area contributed by atoms with Gasteiger partial charge in [-0.1, -0.05) is 0 Å². The van der Waals surface area contributed by atoms with Crippen LogP contribution in [-0.4, -0.2) is 48.6 Å². The maximum Gasteiger partial charge on any atom is 0.250 e. The molecule has 1 aromatic carbocycles. The predicted octanol–water partition coefficient (Wildman–Crippen LogP) is 2.86. The standard InChI is InChI=1S/C19H29N3O3/c1-13-6-5-7-14(2)22(13)19(24)15(3)20-16-8-10-17(11-9-16)21-18(23)12-25-4/h8-11,13-15,20H,5-7,12H2,1-4H3,(H,21,23)/t13-,14+,15-/m0/s1. The molecule has 6 heteroatoms. The van der Waals surface area contributed by atoms with E-state index in [1.807, 2.05) is 24.0 Å². The molecule has 1 saturated heterocycles. The molecule has 1 heterocycles. The number of nitrogens with zero attached hydrogens (tertiary/aromatic N) is 1. The lowest BCUT2D eigenvalue weighted by Crippen LogP contribution is -2.52. The van der Waals surface area contributed by atoms with Gasteiger partial charge in [-0.3, -0.25) is 9.59 Å². The van der Waals surface area contributed by atoms with Crippen molar-refractivity contribution in [2.24, 2.45) is 0 Å². The topological polar surface area (TPSA) is 70.7 Å². The van der Waals surface area contributed by atoms with Gasteiger partial charge in [0.1, 0.15) is 12.6 Å². The Balaban J connectivity index is 1.94. The molecule has 2 amide bonds. The van der Waals surface area contributed by atoms with E-state index in [9.17, 15) is 9.59 Å². The molecule has 2 rings (SSSR count). The van der Waals surface area contributed by atoms with E-state index in [1.165, 1.54) is 13.5 Å². The summed E-state index contributed by atoms with van der Waals surface area (Å²) in [5, 5.41) is 6.00. The molecule has 2 N–H and O–H groups in total. The molecule has 1 fully saturated rings. The number of carbonyl (C=O) groups is 2. The van der Waals surface area contributed by atoms with Gasteiger partial charge in [-0.15, -0.1) is 0 Å². The minimum Gasteiger partial charge on any atom is -0.375 e. The third-order valence-electron chi connectivity index (χ3n) is 4.65. The zero-order valence-corrected chi connectivity index (χ0v) is 15.5. The third-order valence-corrected chi connectivity index (χ3v) is 4.65. The molecule has 25 heavy (non-hydrogen) atoms. The van der Waals surface area contributed by atoms with Crippen molar-refractivity contribution in [2.45, 2.75) is 58.2 Å². The zero-order valence-electron chi connectivity index (χ0n) is 15.5. The molecule has 0 aliphatic carbocycles. The number of anilines is 2. The highest BCUT2D eigenvalue weighted by Crippen LogP contribution is 2.24. The summed E-state index contributed by atoms with van der Waals surface area (Å²) >= 11 is 0. The molecule has 3 atom stereocenters. The molecular formula is C19H29N3O3. The number of piperidine rings is 1. The highest BCUT2D eigenvalue weighted by atomic mass is 16.5. The highest BCUT2D eigenvalue weighted by molar-refractivity contribution is 5.92.